The molecule has 0 aliphatic rings. The van der Waals surface area contributed by atoms with Crippen LogP contribution in [0.1, 0.15) is 90.9 Å². The molecule has 3 heteroatoms. The van der Waals surface area contributed by atoms with Gasteiger partial charge in [-0.05, 0) is 37.1 Å². The van der Waals surface area contributed by atoms with Gasteiger partial charge in [-0.3, -0.25) is 0 Å². The molecule has 1 N–H and O–H groups in total. The summed E-state index contributed by atoms with van der Waals surface area (Å²) in [5.74, 6) is 1.00. The average Bonchev–Trinajstić information content (AvgIpc) is 3.17. The zero-order valence-corrected chi connectivity index (χ0v) is 20.5. The molecule has 0 bridgehead atoms. The minimum atomic E-state index is 0.367. The molecule has 1 heterocycles. The largest absolute Gasteiger partial charge is 0.494 e. The van der Waals surface area contributed by atoms with Crippen LogP contribution >= 0.6 is 11.3 Å². The van der Waals surface area contributed by atoms with Crippen LogP contribution in [0.2, 0.25) is 0 Å². The van der Waals surface area contributed by atoms with Crippen LogP contribution in [0.15, 0.2) is 42.5 Å². The van der Waals surface area contributed by atoms with Crippen molar-refractivity contribution in [3.63, 3.8) is 0 Å². The van der Waals surface area contributed by atoms with E-state index in [9.17, 15) is 0 Å². The fourth-order valence-corrected chi connectivity index (χ4v) is 4.85. The second-order valence-corrected chi connectivity index (χ2v) is 9.45. The van der Waals surface area contributed by atoms with Crippen LogP contribution in [0, 0.1) is 0 Å². The van der Waals surface area contributed by atoms with Crippen LogP contribution in [0.5, 0.6) is 5.75 Å². The lowest BCUT2D eigenvalue weighted by molar-refractivity contribution is 0.282. The lowest BCUT2D eigenvalue weighted by Gasteiger charge is -2.06. The van der Waals surface area contributed by atoms with Crippen molar-refractivity contribution in [2.24, 2.45) is 0 Å². The summed E-state index contributed by atoms with van der Waals surface area (Å²) >= 11 is 1.85. The number of aliphatic hydroxyl groups excluding tert-OH is 1. The van der Waals surface area contributed by atoms with Crippen molar-refractivity contribution in [3.05, 3.63) is 42.5 Å². The molecular formula is C28H42O2S. The Hall–Kier alpha value is -1.58. The van der Waals surface area contributed by atoms with Crippen molar-refractivity contribution in [1.82, 2.24) is 0 Å². The summed E-state index contributed by atoms with van der Waals surface area (Å²) in [7, 11) is 0. The van der Waals surface area contributed by atoms with Gasteiger partial charge in [0.1, 0.15) is 5.75 Å². The summed E-state index contributed by atoms with van der Waals surface area (Å²) in [6.07, 6.45) is 15.3. The van der Waals surface area contributed by atoms with Crippen LogP contribution < -0.4 is 4.74 Å². The van der Waals surface area contributed by atoms with E-state index < -0.39 is 0 Å². The van der Waals surface area contributed by atoms with Gasteiger partial charge in [0.15, 0.2) is 0 Å². The van der Waals surface area contributed by atoms with Gasteiger partial charge in [0.05, 0.1) is 6.61 Å². The minimum absolute atomic E-state index is 0.367. The molecule has 0 unspecified atom stereocenters. The van der Waals surface area contributed by atoms with Crippen LogP contribution in [0.4, 0.5) is 0 Å². The Kier molecular flexibility index (Phi) is 13.3. The number of hydrogen-bond donors (Lipinski definition) is 1. The Morgan fingerprint density at radius 1 is 0.677 bits per heavy atom. The summed E-state index contributed by atoms with van der Waals surface area (Å²) in [6.45, 7) is 5.67. The van der Waals surface area contributed by atoms with Crippen molar-refractivity contribution in [2.45, 2.75) is 90.9 Å². The molecule has 2 nitrogen and oxygen atoms in total. The quantitative estimate of drug-likeness (QED) is 0.252. The maximum atomic E-state index is 8.42. The molecule has 3 rings (SSSR count). The predicted octanol–water partition coefficient (Wildman–Crippen LogP) is 9.13. The summed E-state index contributed by atoms with van der Waals surface area (Å²) < 4.78 is 8.64. The number of hydrogen-bond acceptors (Lipinski definition) is 3. The van der Waals surface area contributed by atoms with Gasteiger partial charge in [0, 0.05) is 26.8 Å². The molecule has 1 aromatic heterocycles. The Labute approximate surface area is 193 Å². The van der Waals surface area contributed by atoms with Gasteiger partial charge < -0.3 is 9.84 Å². The van der Waals surface area contributed by atoms with E-state index in [-0.39, 0.29) is 0 Å². The first-order chi connectivity index (χ1) is 15.3. The number of ether oxygens (including phenoxy) is 1. The topological polar surface area (TPSA) is 29.5 Å². The molecular weight excluding hydrogens is 400 g/mol. The Morgan fingerprint density at radius 3 is 2.00 bits per heavy atom. The summed E-state index contributed by atoms with van der Waals surface area (Å²) in [6, 6.07) is 15.1. The van der Waals surface area contributed by atoms with Gasteiger partial charge in [-0.2, -0.15) is 0 Å². The van der Waals surface area contributed by atoms with E-state index in [1.165, 1.54) is 84.4 Å². The third kappa shape index (κ3) is 9.62. The highest BCUT2D eigenvalue weighted by Crippen LogP contribution is 2.35. The highest BCUT2D eigenvalue weighted by atomic mass is 32.1. The molecule has 0 saturated heterocycles. The third-order valence-corrected chi connectivity index (χ3v) is 6.78. The predicted molar refractivity (Wildman–Crippen MR) is 139 cm³/mol. The average molecular weight is 443 g/mol. The molecule has 31 heavy (non-hydrogen) atoms. The molecule has 0 spiro atoms. The molecule has 0 aliphatic heterocycles. The van der Waals surface area contributed by atoms with Gasteiger partial charge in [0.2, 0.25) is 0 Å². The molecule has 2 aromatic carbocycles. The normalized spacial score (nSPS) is 10.9. The van der Waals surface area contributed by atoms with Crippen molar-refractivity contribution in [2.75, 3.05) is 13.2 Å². The van der Waals surface area contributed by atoms with Crippen molar-refractivity contribution in [1.29, 1.82) is 0 Å². The van der Waals surface area contributed by atoms with Crippen molar-refractivity contribution in [3.8, 4) is 5.75 Å². The zero-order valence-electron chi connectivity index (χ0n) is 19.7. The highest BCUT2D eigenvalue weighted by Gasteiger charge is 2.05. The van der Waals surface area contributed by atoms with E-state index in [4.69, 9.17) is 9.84 Å². The molecule has 0 aliphatic carbocycles. The lowest BCUT2D eigenvalue weighted by atomic mass is 10.1. The standard InChI is InChI=1S/C20H24OS.C8H18O/c1-2-3-4-5-6-9-14-21-16-12-13-20-18(15-16)17-10-7-8-11-19(17)22-20;1-2-3-4-5-6-7-8-9/h7-8,10-13,15H,2-6,9,14H2,1H3;9H,2-8H2,1H3. The second kappa shape index (κ2) is 16.1. The molecule has 172 valence electrons. The number of aliphatic hydroxyl groups is 1. The van der Waals surface area contributed by atoms with Crippen LogP contribution in [-0.4, -0.2) is 18.3 Å². The number of rotatable bonds is 14. The second-order valence-electron chi connectivity index (χ2n) is 8.36. The number of benzene rings is 2. The fraction of sp³-hybridized carbons (Fsp3) is 0.571. The number of fused-ring (bicyclic) bond motifs is 3. The SMILES string of the molecule is CCCCCCCCO.CCCCCCCCOc1ccc2sc3ccccc3c2c1. The Balaban J connectivity index is 0.000000323. The van der Waals surface area contributed by atoms with E-state index in [1.54, 1.807) is 0 Å². The van der Waals surface area contributed by atoms with Crippen LogP contribution in [0.25, 0.3) is 20.2 Å². The van der Waals surface area contributed by atoms with Gasteiger partial charge in [-0.1, -0.05) is 96.3 Å². The smallest absolute Gasteiger partial charge is 0.120 e. The first-order valence-corrected chi connectivity index (χ1v) is 13.3. The van der Waals surface area contributed by atoms with Gasteiger partial charge >= 0.3 is 0 Å². The van der Waals surface area contributed by atoms with E-state index in [0.29, 0.717) is 6.61 Å². The summed E-state index contributed by atoms with van der Waals surface area (Å²) in [5.41, 5.74) is 0. The van der Waals surface area contributed by atoms with Crippen LogP contribution in [-0.2, 0) is 0 Å². The fourth-order valence-electron chi connectivity index (χ4n) is 3.76. The maximum absolute atomic E-state index is 8.42. The monoisotopic (exact) mass is 442 g/mol. The molecule has 0 atom stereocenters. The third-order valence-electron chi connectivity index (χ3n) is 5.63. The first kappa shape index (κ1) is 25.7. The molecule has 3 aromatic rings. The lowest BCUT2D eigenvalue weighted by Crippen LogP contribution is -1.97. The molecule has 0 radical (unpaired) electrons. The van der Waals surface area contributed by atoms with E-state index in [1.807, 2.05) is 11.3 Å². The van der Waals surface area contributed by atoms with E-state index in [2.05, 4.69) is 56.3 Å². The molecule has 0 amide bonds. The van der Waals surface area contributed by atoms with Gasteiger partial charge in [-0.25, -0.2) is 0 Å². The van der Waals surface area contributed by atoms with Gasteiger partial charge in [-0.15, -0.1) is 11.3 Å². The van der Waals surface area contributed by atoms with Crippen LogP contribution in [0.3, 0.4) is 0 Å². The minimum Gasteiger partial charge on any atom is -0.494 e. The summed E-state index contributed by atoms with van der Waals surface area (Å²) in [4.78, 5) is 0. The molecule has 0 fully saturated rings. The zero-order chi connectivity index (χ0) is 22.2. The van der Waals surface area contributed by atoms with E-state index in [0.717, 1.165) is 25.2 Å². The molecule has 0 saturated carbocycles. The highest BCUT2D eigenvalue weighted by molar-refractivity contribution is 7.25. The van der Waals surface area contributed by atoms with Crippen molar-refractivity contribution >= 4 is 31.5 Å². The Bertz CT molecular complexity index is 833. The number of unbranched alkanes of at least 4 members (excludes halogenated alkanes) is 10. The number of thiophene rings is 1. The van der Waals surface area contributed by atoms with Gasteiger partial charge in [0.25, 0.3) is 0 Å². The van der Waals surface area contributed by atoms with Crippen molar-refractivity contribution < 1.29 is 9.84 Å². The Morgan fingerprint density at radius 2 is 1.29 bits per heavy atom. The first-order valence-electron chi connectivity index (χ1n) is 12.4. The van der Waals surface area contributed by atoms with E-state index >= 15 is 0 Å². The maximum Gasteiger partial charge on any atom is 0.120 e. The summed E-state index contributed by atoms with van der Waals surface area (Å²) in [5, 5.41) is 11.1.